The first kappa shape index (κ1) is 5.07. The summed E-state index contributed by atoms with van der Waals surface area (Å²) in [6, 6.07) is 0. The predicted octanol–water partition coefficient (Wildman–Crippen LogP) is 2.14. The molecule has 1 fully saturated rings. The van der Waals surface area contributed by atoms with Crippen LogP contribution in [0.1, 0.15) is 26.7 Å². The first-order chi connectivity index (χ1) is 3.17. The van der Waals surface area contributed by atoms with Crippen LogP contribution < -0.4 is 0 Å². The fraction of sp³-hybridized carbons (Fsp3) is 1.00. The zero-order valence-corrected chi connectivity index (χ0v) is 4.87. The maximum atomic E-state index is 12.5. The Balaban J connectivity index is 2.30. The van der Waals surface area contributed by atoms with Gasteiger partial charge in [0.15, 0.2) is 0 Å². The number of hydrogen-bond acceptors (Lipinski definition) is 0. The fourth-order valence-electron chi connectivity index (χ4n) is 0.993. The van der Waals surface area contributed by atoms with Crippen molar-refractivity contribution in [3.05, 3.63) is 0 Å². The van der Waals surface area contributed by atoms with Crippen LogP contribution in [0.5, 0.6) is 0 Å². The van der Waals surface area contributed by atoms with Crippen LogP contribution in [0, 0.1) is 5.92 Å². The van der Waals surface area contributed by atoms with Gasteiger partial charge in [0.25, 0.3) is 0 Å². The average Bonchev–Trinajstić information content (AvgIpc) is 2.13. The first-order valence-electron chi connectivity index (χ1n) is 2.85. The zero-order chi connectivity index (χ0) is 5.49. The average molecular weight is 102 g/mol. The number of alkyl halides is 1. The first-order valence-corrected chi connectivity index (χ1v) is 2.85. The van der Waals surface area contributed by atoms with E-state index >= 15 is 0 Å². The second kappa shape index (κ2) is 1.21. The van der Waals surface area contributed by atoms with Gasteiger partial charge in [-0.1, -0.05) is 13.3 Å². The van der Waals surface area contributed by atoms with Crippen molar-refractivity contribution < 1.29 is 4.39 Å². The van der Waals surface area contributed by atoms with Crippen LogP contribution in [-0.2, 0) is 0 Å². The molecule has 7 heavy (non-hydrogen) atoms. The molecule has 1 saturated carbocycles. The van der Waals surface area contributed by atoms with Crippen molar-refractivity contribution in [3.63, 3.8) is 0 Å². The SMILES string of the molecule is CCC1C[C@@]1(C)F. The van der Waals surface area contributed by atoms with Gasteiger partial charge < -0.3 is 0 Å². The third-order valence-corrected chi connectivity index (χ3v) is 1.83. The Hall–Kier alpha value is -0.0700. The largest absolute Gasteiger partial charge is 0.244 e. The molecule has 0 amide bonds. The lowest BCUT2D eigenvalue weighted by Gasteiger charge is -1.91. The van der Waals surface area contributed by atoms with E-state index in [1.165, 1.54) is 0 Å². The summed E-state index contributed by atoms with van der Waals surface area (Å²) >= 11 is 0. The highest BCUT2D eigenvalue weighted by atomic mass is 19.1. The molecule has 0 aliphatic heterocycles. The number of halogens is 1. The number of rotatable bonds is 1. The molecule has 42 valence electrons. The van der Waals surface area contributed by atoms with Crippen molar-refractivity contribution in [1.82, 2.24) is 0 Å². The van der Waals surface area contributed by atoms with Gasteiger partial charge in [0, 0.05) is 0 Å². The quantitative estimate of drug-likeness (QED) is 0.476. The van der Waals surface area contributed by atoms with Crippen LogP contribution in [0.3, 0.4) is 0 Å². The summed E-state index contributed by atoms with van der Waals surface area (Å²) in [7, 11) is 0. The van der Waals surface area contributed by atoms with Crippen molar-refractivity contribution in [2.24, 2.45) is 5.92 Å². The molecule has 1 aliphatic carbocycles. The zero-order valence-electron chi connectivity index (χ0n) is 4.87. The highest BCUT2D eigenvalue weighted by molar-refractivity contribution is 4.98. The summed E-state index contributed by atoms with van der Waals surface area (Å²) in [5, 5.41) is 0. The monoisotopic (exact) mass is 102 g/mol. The van der Waals surface area contributed by atoms with E-state index in [4.69, 9.17) is 0 Å². The van der Waals surface area contributed by atoms with Gasteiger partial charge in [-0.05, 0) is 19.3 Å². The van der Waals surface area contributed by atoms with Gasteiger partial charge in [0.1, 0.15) is 5.67 Å². The van der Waals surface area contributed by atoms with Gasteiger partial charge in [-0.25, -0.2) is 4.39 Å². The van der Waals surface area contributed by atoms with Crippen LogP contribution in [0.4, 0.5) is 4.39 Å². The Bertz CT molecular complexity index is 76.2. The minimum absolute atomic E-state index is 0.382. The summed E-state index contributed by atoms with van der Waals surface area (Å²) in [6.07, 6.45) is 1.80. The van der Waals surface area contributed by atoms with Gasteiger partial charge >= 0.3 is 0 Å². The summed E-state index contributed by atoms with van der Waals surface area (Å²) in [5.41, 5.74) is -0.783. The molecule has 0 heterocycles. The molecule has 0 aromatic rings. The molecule has 0 aromatic carbocycles. The Kier molecular flexibility index (Phi) is 0.875. The summed E-state index contributed by atoms with van der Waals surface area (Å²) in [6.45, 7) is 3.72. The van der Waals surface area contributed by atoms with Crippen molar-refractivity contribution in [1.29, 1.82) is 0 Å². The van der Waals surface area contributed by atoms with Crippen LogP contribution >= 0.6 is 0 Å². The predicted molar refractivity (Wildman–Crippen MR) is 27.9 cm³/mol. The van der Waals surface area contributed by atoms with Crippen molar-refractivity contribution >= 4 is 0 Å². The van der Waals surface area contributed by atoms with E-state index < -0.39 is 5.67 Å². The molecule has 0 aromatic heterocycles. The van der Waals surface area contributed by atoms with E-state index in [2.05, 4.69) is 0 Å². The van der Waals surface area contributed by atoms with E-state index in [-0.39, 0.29) is 0 Å². The molecule has 0 radical (unpaired) electrons. The number of hydrogen-bond donors (Lipinski definition) is 0. The Morgan fingerprint density at radius 3 is 2.29 bits per heavy atom. The van der Waals surface area contributed by atoms with Gasteiger partial charge in [-0.2, -0.15) is 0 Å². The minimum atomic E-state index is -0.783. The topological polar surface area (TPSA) is 0 Å². The van der Waals surface area contributed by atoms with Gasteiger partial charge in [0.2, 0.25) is 0 Å². The van der Waals surface area contributed by atoms with Crippen LogP contribution in [-0.4, -0.2) is 5.67 Å². The molecule has 1 rings (SSSR count). The molecule has 1 aliphatic rings. The second-order valence-electron chi connectivity index (χ2n) is 2.59. The van der Waals surface area contributed by atoms with E-state index in [0.717, 1.165) is 12.8 Å². The highest BCUT2D eigenvalue weighted by Crippen LogP contribution is 2.48. The molecule has 0 N–H and O–H groups in total. The van der Waals surface area contributed by atoms with Crippen molar-refractivity contribution in [2.75, 3.05) is 0 Å². The summed E-state index contributed by atoms with van der Waals surface area (Å²) in [5.74, 6) is 0.382. The molecule has 0 bridgehead atoms. The molecular weight excluding hydrogens is 91.1 g/mol. The van der Waals surface area contributed by atoms with Crippen LogP contribution in [0.25, 0.3) is 0 Å². The smallest absolute Gasteiger partial charge is 0.111 e. The molecular formula is C6H11F. The van der Waals surface area contributed by atoms with Gasteiger partial charge in [-0.3, -0.25) is 0 Å². The molecule has 0 nitrogen and oxygen atoms in total. The van der Waals surface area contributed by atoms with Crippen LogP contribution in [0.15, 0.2) is 0 Å². The molecule has 1 unspecified atom stereocenters. The van der Waals surface area contributed by atoms with Gasteiger partial charge in [-0.15, -0.1) is 0 Å². The molecule has 0 saturated heterocycles. The summed E-state index contributed by atoms with van der Waals surface area (Å²) in [4.78, 5) is 0. The Morgan fingerprint density at radius 1 is 1.86 bits per heavy atom. The molecule has 1 heteroatoms. The lowest BCUT2D eigenvalue weighted by molar-refractivity contribution is 0.306. The third-order valence-electron chi connectivity index (χ3n) is 1.83. The highest BCUT2D eigenvalue weighted by Gasteiger charge is 2.49. The van der Waals surface area contributed by atoms with E-state index in [9.17, 15) is 4.39 Å². The standard InChI is InChI=1S/C6H11F/c1-3-5-4-6(5,2)7/h5H,3-4H2,1-2H3/t5?,6-/m1/s1. The fourth-order valence-corrected chi connectivity index (χ4v) is 0.993. The summed E-state index contributed by atoms with van der Waals surface area (Å²) < 4.78 is 12.5. The van der Waals surface area contributed by atoms with Gasteiger partial charge in [0.05, 0.1) is 0 Å². The minimum Gasteiger partial charge on any atom is -0.244 e. The van der Waals surface area contributed by atoms with Crippen LogP contribution in [0.2, 0.25) is 0 Å². The molecule has 0 spiro atoms. The normalized spacial score (nSPS) is 49.3. The lowest BCUT2D eigenvalue weighted by atomic mass is 10.2. The van der Waals surface area contributed by atoms with E-state index in [1.54, 1.807) is 6.92 Å². The maximum absolute atomic E-state index is 12.5. The Labute approximate surface area is 43.7 Å². The van der Waals surface area contributed by atoms with E-state index in [1.807, 2.05) is 6.92 Å². The van der Waals surface area contributed by atoms with E-state index in [0.29, 0.717) is 5.92 Å². The lowest BCUT2D eigenvalue weighted by Crippen LogP contribution is -1.93. The Morgan fingerprint density at radius 2 is 2.29 bits per heavy atom. The molecule has 2 atom stereocenters. The second-order valence-corrected chi connectivity index (χ2v) is 2.59. The maximum Gasteiger partial charge on any atom is 0.111 e. The third kappa shape index (κ3) is 0.767. The van der Waals surface area contributed by atoms with Crippen molar-refractivity contribution in [2.45, 2.75) is 32.4 Å². The van der Waals surface area contributed by atoms with Crippen molar-refractivity contribution in [3.8, 4) is 0 Å².